The Hall–Kier alpha value is 0. The summed E-state index contributed by atoms with van der Waals surface area (Å²) in [6.07, 6.45) is 16.3. The molecule has 0 aromatic rings. The summed E-state index contributed by atoms with van der Waals surface area (Å²) >= 11 is 0. The maximum absolute atomic E-state index is 2.45. The van der Waals surface area contributed by atoms with Gasteiger partial charge in [-0.3, -0.25) is 0 Å². The van der Waals surface area contributed by atoms with Crippen molar-refractivity contribution < 1.29 is 0 Å². The third-order valence-electron chi connectivity index (χ3n) is 3.95. The van der Waals surface area contributed by atoms with Crippen LogP contribution in [0, 0.1) is 11.8 Å². The minimum atomic E-state index is 0.973. The van der Waals surface area contributed by atoms with Crippen molar-refractivity contribution in [3.05, 3.63) is 0 Å². The zero-order valence-electron chi connectivity index (χ0n) is 10.9. The molecule has 0 bridgehead atoms. The van der Waals surface area contributed by atoms with E-state index >= 15 is 0 Å². The molecule has 0 spiro atoms. The van der Waals surface area contributed by atoms with Crippen LogP contribution in [0.4, 0.5) is 0 Å². The van der Waals surface area contributed by atoms with Gasteiger partial charge in [-0.15, -0.1) is 0 Å². The highest BCUT2D eigenvalue weighted by atomic mass is 14.1. The first-order valence-electron chi connectivity index (χ1n) is 7.29. The molecule has 1 rings (SSSR count). The first-order valence-corrected chi connectivity index (χ1v) is 7.29. The average Bonchev–Trinajstić information content (AvgIpc) is 2.21. The molecule has 0 heteroatoms. The first-order chi connectivity index (χ1) is 7.29. The molecule has 0 aliphatic heterocycles. The lowest BCUT2D eigenvalue weighted by atomic mass is 9.90. The molecular weight excluding hydrogens is 180 g/mol. The maximum Gasteiger partial charge on any atom is -0.0440 e. The molecule has 1 saturated carbocycles. The maximum atomic E-state index is 2.45. The van der Waals surface area contributed by atoms with Gasteiger partial charge in [0.15, 0.2) is 0 Å². The van der Waals surface area contributed by atoms with E-state index in [-0.39, 0.29) is 0 Å². The zero-order valence-corrected chi connectivity index (χ0v) is 10.9. The van der Waals surface area contributed by atoms with E-state index in [1.54, 1.807) is 0 Å². The molecule has 1 aliphatic rings. The standard InChI is InChI=1S/C15H30/c1-14-11-9-7-5-3-4-6-8-10-12-15(2)13-14/h14-15H,3-13H2,1-2H3. The fourth-order valence-corrected chi connectivity index (χ4v) is 2.97. The van der Waals surface area contributed by atoms with Crippen molar-refractivity contribution in [1.29, 1.82) is 0 Å². The van der Waals surface area contributed by atoms with Gasteiger partial charge < -0.3 is 0 Å². The topological polar surface area (TPSA) is 0 Å². The van der Waals surface area contributed by atoms with Crippen molar-refractivity contribution >= 4 is 0 Å². The van der Waals surface area contributed by atoms with Crippen molar-refractivity contribution in [2.75, 3.05) is 0 Å². The number of rotatable bonds is 0. The van der Waals surface area contributed by atoms with Gasteiger partial charge in [0, 0.05) is 0 Å². The highest BCUT2D eigenvalue weighted by Gasteiger charge is 2.09. The van der Waals surface area contributed by atoms with Gasteiger partial charge in [-0.2, -0.15) is 0 Å². The Kier molecular flexibility index (Phi) is 7.13. The smallest absolute Gasteiger partial charge is 0.0440 e. The van der Waals surface area contributed by atoms with Crippen LogP contribution < -0.4 is 0 Å². The zero-order chi connectivity index (χ0) is 10.9. The predicted molar refractivity (Wildman–Crippen MR) is 69.1 cm³/mol. The Morgan fingerprint density at radius 1 is 0.533 bits per heavy atom. The van der Waals surface area contributed by atoms with Gasteiger partial charge >= 0.3 is 0 Å². The summed E-state index contributed by atoms with van der Waals surface area (Å²) in [6, 6.07) is 0. The summed E-state index contributed by atoms with van der Waals surface area (Å²) in [5.41, 5.74) is 0. The van der Waals surface area contributed by atoms with Crippen LogP contribution in [0.1, 0.15) is 84.5 Å². The summed E-state index contributed by atoms with van der Waals surface area (Å²) in [4.78, 5) is 0. The normalized spacial score (nSPS) is 32.4. The predicted octanol–water partition coefficient (Wildman–Crippen LogP) is 5.56. The molecule has 2 unspecified atom stereocenters. The summed E-state index contributed by atoms with van der Waals surface area (Å²) < 4.78 is 0. The molecule has 1 aliphatic carbocycles. The number of hydrogen-bond acceptors (Lipinski definition) is 0. The first kappa shape index (κ1) is 13.1. The van der Waals surface area contributed by atoms with Crippen molar-refractivity contribution in [3.63, 3.8) is 0 Å². The second kappa shape index (κ2) is 8.19. The minimum Gasteiger partial charge on any atom is -0.0625 e. The van der Waals surface area contributed by atoms with E-state index in [0.717, 1.165) is 11.8 Å². The lowest BCUT2D eigenvalue weighted by molar-refractivity contribution is 0.361. The van der Waals surface area contributed by atoms with Crippen LogP contribution in [0.2, 0.25) is 0 Å². The molecule has 2 atom stereocenters. The van der Waals surface area contributed by atoms with E-state index < -0.39 is 0 Å². The largest absolute Gasteiger partial charge is 0.0625 e. The van der Waals surface area contributed by atoms with Crippen molar-refractivity contribution in [1.82, 2.24) is 0 Å². The summed E-state index contributed by atoms with van der Waals surface area (Å²) in [5, 5.41) is 0. The van der Waals surface area contributed by atoms with Gasteiger partial charge in [-0.1, -0.05) is 78.1 Å². The molecule has 0 amide bonds. The molecule has 0 N–H and O–H groups in total. The molecule has 15 heavy (non-hydrogen) atoms. The SMILES string of the molecule is CC1CCCCCCCCCCC(C)C1. The molecule has 0 aromatic carbocycles. The fraction of sp³-hybridized carbons (Fsp3) is 1.00. The molecule has 1 fully saturated rings. The van der Waals surface area contributed by atoms with E-state index in [4.69, 9.17) is 0 Å². The molecular formula is C15H30. The van der Waals surface area contributed by atoms with Crippen molar-refractivity contribution in [3.8, 4) is 0 Å². The summed E-state index contributed by atoms with van der Waals surface area (Å²) in [7, 11) is 0. The van der Waals surface area contributed by atoms with Crippen molar-refractivity contribution in [2.24, 2.45) is 11.8 Å². The van der Waals surface area contributed by atoms with Crippen LogP contribution in [0.5, 0.6) is 0 Å². The lowest BCUT2D eigenvalue weighted by Crippen LogP contribution is -2.03. The van der Waals surface area contributed by atoms with E-state index in [2.05, 4.69) is 13.8 Å². The van der Waals surface area contributed by atoms with Gasteiger partial charge in [0.05, 0.1) is 0 Å². The van der Waals surface area contributed by atoms with E-state index in [1.807, 2.05) is 0 Å². The Bertz CT molecular complexity index is 123. The Balaban J connectivity index is 2.23. The van der Waals surface area contributed by atoms with Crippen LogP contribution in [0.15, 0.2) is 0 Å². The average molecular weight is 210 g/mol. The third-order valence-corrected chi connectivity index (χ3v) is 3.95. The molecule has 0 saturated heterocycles. The van der Waals surface area contributed by atoms with Crippen LogP contribution in [0.3, 0.4) is 0 Å². The summed E-state index contributed by atoms with van der Waals surface area (Å²) in [5.74, 6) is 1.95. The van der Waals surface area contributed by atoms with Crippen LogP contribution in [-0.4, -0.2) is 0 Å². The highest BCUT2D eigenvalue weighted by Crippen LogP contribution is 2.23. The van der Waals surface area contributed by atoms with E-state index in [9.17, 15) is 0 Å². The quantitative estimate of drug-likeness (QED) is 0.491. The second-order valence-electron chi connectivity index (χ2n) is 5.85. The molecule has 0 radical (unpaired) electrons. The van der Waals surface area contributed by atoms with Gasteiger partial charge in [0.2, 0.25) is 0 Å². The molecule has 90 valence electrons. The molecule has 0 nitrogen and oxygen atoms in total. The number of hydrogen-bond donors (Lipinski definition) is 0. The fourth-order valence-electron chi connectivity index (χ4n) is 2.97. The van der Waals surface area contributed by atoms with Crippen LogP contribution >= 0.6 is 0 Å². The summed E-state index contributed by atoms with van der Waals surface area (Å²) in [6.45, 7) is 4.91. The van der Waals surface area contributed by atoms with E-state index in [0.29, 0.717) is 0 Å². The Labute approximate surface area is 96.8 Å². The second-order valence-corrected chi connectivity index (χ2v) is 5.85. The minimum absolute atomic E-state index is 0.973. The third kappa shape index (κ3) is 6.98. The van der Waals surface area contributed by atoms with Crippen LogP contribution in [-0.2, 0) is 0 Å². The van der Waals surface area contributed by atoms with Crippen LogP contribution in [0.25, 0.3) is 0 Å². The van der Waals surface area contributed by atoms with Gasteiger partial charge in [-0.05, 0) is 18.3 Å². The molecule has 0 heterocycles. The lowest BCUT2D eigenvalue weighted by Gasteiger charge is -2.16. The van der Waals surface area contributed by atoms with E-state index in [1.165, 1.54) is 70.6 Å². The van der Waals surface area contributed by atoms with Crippen molar-refractivity contribution in [2.45, 2.75) is 84.5 Å². The molecule has 0 aromatic heterocycles. The van der Waals surface area contributed by atoms with Gasteiger partial charge in [-0.25, -0.2) is 0 Å². The van der Waals surface area contributed by atoms with Gasteiger partial charge in [0.1, 0.15) is 0 Å². The highest BCUT2D eigenvalue weighted by molar-refractivity contribution is 4.62. The van der Waals surface area contributed by atoms with Gasteiger partial charge in [0.25, 0.3) is 0 Å². The monoisotopic (exact) mass is 210 g/mol. The Morgan fingerprint density at radius 2 is 0.867 bits per heavy atom. The Morgan fingerprint density at radius 3 is 1.27 bits per heavy atom.